The summed E-state index contributed by atoms with van der Waals surface area (Å²) in [6, 6.07) is 0. The molecular weight excluding hydrogens is 251 g/mol. The van der Waals surface area contributed by atoms with Crippen LogP contribution in [0.2, 0.25) is 0 Å². The molecule has 0 aliphatic carbocycles. The van der Waals surface area contributed by atoms with Gasteiger partial charge in [-0.05, 0) is 0 Å². The van der Waals surface area contributed by atoms with Crippen molar-refractivity contribution in [2.75, 3.05) is 13.1 Å². The van der Waals surface area contributed by atoms with Gasteiger partial charge in [-0.15, -0.1) is 0 Å². The smallest absolute Gasteiger partial charge is 0.0777 e. The van der Waals surface area contributed by atoms with Crippen molar-refractivity contribution in [1.82, 2.24) is 0 Å². The van der Waals surface area contributed by atoms with Gasteiger partial charge in [-0.2, -0.15) is 28.0 Å². The lowest BCUT2D eigenvalue weighted by molar-refractivity contribution is -1.92. The molecule has 0 amide bonds. The van der Waals surface area contributed by atoms with Crippen LogP contribution in [0.1, 0.15) is 0 Å². The Morgan fingerprint density at radius 2 is 0.786 bits per heavy atom. The quantitative estimate of drug-likeness (QED) is 0.347. The molecule has 0 aliphatic rings. The van der Waals surface area contributed by atoms with E-state index in [4.69, 9.17) is 48.7 Å². The van der Waals surface area contributed by atoms with E-state index < -0.39 is 20.5 Å². The first kappa shape index (κ1) is 19.7. The molecule has 0 heterocycles. The number of nitrogens with two attached hydrogens (primary N) is 2. The van der Waals surface area contributed by atoms with E-state index in [2.05, 4.69) is 0 Å². The van der Waals surface area contributed by atoms with Crippen molar-refractivity contribution in [3.8, 4) is 0 Å². The summed E-state index contributed by atoms with van der Waals surface area (Å²) >= 11 is 0. The third-order valence-corrected chi connectivity index (χ3v) is 0.167. The minimum absolute atomic E-state index is 0.597. The minimum Gasteiger partial charge on any atom is -0.329 e. The molecule has 0 fully saturated rings. The predicted molar refractivity (Wildman–Crippen MR) is 22.5 cm³/mol. The standard InChI is InChI=1S/C2H8N2.2ClHO4/c3-1-2-4;2*2-1(3,4)5/h1-4H2;2*(H,2,3,4,5). The van der Waals surface area contributed by atoms with E-state index in [-0.39, 0.29) is 0 Å². The number of rotatable bonds is 1. The highest BCUT2D eigenvalue weighted by Gasteiger charge is 1.99. The van der Waals surface area contributed by atoms with Crippen LogP contribution in [-0.2, 0) is 0 Å². The number of hydrogen-bond donors (Lipinski definition) is 4. The molecule has 0 aromatic carbocycles. The average Bonchev–Trinajstić information content (AvgIpc) is 1.79. The van der Waals surface area contributed by atoms with Crippen molar-refractivity contribution in [2.24, 2.45) is 11.5 Å². The minimum atomic E-state index is -4.69. The van der Waals surface area contributed by atoms with Crippen molar-refractivity contribution in [3.05, 3.63) is 0 Å². The van der Waals surface area contributed by atoms with E-state index in [0.717, 1.165) is 0 Å². The molecule has 0 rings (SSSR count). The molecule has 12 heteroatoms. The van der Waals surface area contributed by atoms with Gasteiger partial charge in [-0.3, -0.25) is 0 Å². The molecule has 6 N–H and O–H groups in total. The monoisotopic (exact) mass is 260 g/mol. The molecular formula is C2H10Cl2N2O8. The van der Waals surface area contributed by atoms with Crippen molar-refractivity contribution in [3.63, 3.8) is 0 Å². The lowest BCUT2D eigenvalue weighted by atomic mass is 10.7. The first-order valence-electron chi connectivity index (χ1n) is 2.58. The Bertz CT molecular complexity index is 84.9. The van der Waals surface area contributed by atoms with Crippen molar-refractivity contribution in [2.45, 2.75) is 0 Å². The summed E-state index contributed by atoms with van der Waals surface area (Å²) < 4.78 is 65.4. The van der Waals surface area contributed by atoms with Crippen molar-refractivity contribution >= 4 is 0 Å². The van der Waals surface area contributed by atoms with Crippen LogP contribution >= 0.6 is 0 Å². The topological polar surface area (TPSA) is 231 Å². The van der Waals surface area contributed by atoms with Gasteiger partial charge in [0.2, 0.25) is 0 Å². The first-order valence-corrected chi connectivity index (χ1v) is 5.11. The van der Waals surface area contributed by atoms with Gasteiger partial charge in [-0.1, -0.05) is 0 Å². The van der Waals surface area contributed by atoms with Gasteiger partial charge >= 0.3 is 0 Å². The number of halogens is 2. The predicted octanol–water partition coefficient (Wildman–Crippen LogP) is -9.34. The molecule has 0 aromatic heterocycles. The fourth-order valence-corrected chi connectivity index (χ4v) is 0. The zero-order chi connectivity index (χ0) is 12.4. The van der Waals surface area contributed by atoms with Crippen LogP contribution in [-0.4, -0.2) is 22.4 Å². The normalized spacial score (nSPS) is 10.7. The summed E-state index contributed by atoms with van der Waals surface area (Å²) in [5, 5.41) is 0. The zero-order valence-corrected chi connectivity index (χ0v) is 8.18. The van der Waals surface area contributed by atoms with E-state index in [1.54, 1.807) is 0 Å². The van der Waals surface area contributed by atoms with Gasteiger partial charge in [0.1, 0.15) is 0 Å². The lowest BCUT2D eigenvalue weighted by Crippen LogP contribution is -2.58. The van der Waals surface area contributed by atoms with Gasteiger partial charge in [0.05, 0.1) is 29.8 Å². The van der Waals surface area contributed by atoms with Gasteiger partial charge in [0.25, 0.3) is 0 Å². The highest BCUT2D eigenvalue weighted by molar-refractivity contribution is 4.26. The third kappa shape index (κ3) is 1090. The van der Waals surface area contributed by atoms with Crippen LogP contribution in [0.4, 0.5) is 0 Å². The molecule has 10 nitrogen and oxygen atoms in total. The Morgan fingerprint density at radius 1 is 0.714 bits per heavy atom. The second-order valence-corrected chi connectivity index (χ2v) is 2.95. The second kappa shape index (κ2) is 9.72. The highest BCUT2D eigenvalue weighted by atomic mass is 35.7. The average molecular weight is 261 g/mol. The van der Waals surface area contributed by atoms with Gasteiger partial charge in [-0.25, -0.2) is 0 Å². The van der Waals surface area contributed by atoms with Crippen molar-refractivity contribution in [1.29, 1.82) is 0 Å². The molecule has 0 aliphatic heterocycles. The summed E-state index contributed by atoms with van der Waals surface area (Å²) in [6.07, 6.45) is 0. The van der Waals surface area contributed by atoms with Crippen molar-refractivity contribution < 1.29 is 57.8 Å². The summed E-state index contributed by atoms with van der Waals surface area (Å²) in [5.74, 6) is 0. The molecule has 14 heavy (non-hydrogen) atoms. The first-order chi connectivity index (χ1) is 5.91. The second-order valence-electron chi connectivity index (χ2n) is 1.37. The molecule has 0 radical (unpaired) electrons. The fourth-order valence-electron chi connectivity index (χ4n) is 0. The van der Waals surface area contributed by atoms with E-state index in [1.165, 1.54) is 0 Å². The summed E-state index contributed by atoms with van der Waals surface area (Å²) in [7, 11) is -9.39. The molecule has 90 valence electrons. The fraction of sp³-hybridized carbons (Fsp3) is 1.00. The van der Waals surface area contributed by atoms with Crippen LogP contribution in [0, 0.1) is 20.5 Å². The third-order valence-electron chi connectivity index (χ3n) is 0.167. The van der Waals surface area contributed by atoms with E-state index in [1.807, 2.05) is 0 Å². The molecule has 0 saturated heterocycles. The van der Waals surface area contributed by atoms with Gasteiger partial charge < -0.3 is 11.5 Å². The SMILES string of the molecule is NCCN.[O-][Cl+3]([O-])([O-])O.[O-][Cl+3]([O-])([O-])O. The van der Waals surface area contributed by atoms with E-state index in [9.17, 15) is 0 Å². The van der Waals surface area contributed by atoms with Crippen LogP contribution in [0.25, 0.3) is 0 Å². The molecule has 0 spiro atoms. The van der Waals surface area contributed by atoms with Crippen LogP contribution in [0.15, 0.2) is 0 Å². The Kier molecular flexibility index (Phi) is 13.7. The van der Waals surface area contributed by atoms with Gasteiger partial charge in [0, 0.05) is 13.1 Å². The highest BCUT2D eigenvalue weighted by Crippen LogP contribution is 1.61. The molecule has 0 unspecified atom stereocenters. The number of hydrogen-bond acceptors (Lipinski definition) is 10. The molecule has 0 aromatic rings. The largest absolute Gasteiger partial charge is 0.329 e. The summed E-state index contributed by atoms with van der Waals surface area (Å²) in [5.41, 5.74) is 9.81. The van der Waals surface area contributed by atoms with Crippen LogP contribution < -0.4 is 39.4 Å². The lowest BCUT2D eigenvalue weighted by Gasteiger charge is -2.03. The molecule has 0 saturated carbocycles. The maximum absolute atomic E-state index is 8.60. The Labute approximate surface area is 83.1 Å². The Hall–Kier alpha value is 0.180. The van der Waals surface area contributed by atoms with E-state index >= 15 is 0 Å². The zero-order valence-electron chi connectivity index (χ0n) is 6.67. The summed E-state index contributed by atoms with van der Waals surface area (Å²) in [6.45, 7) is 1.19. The molecule has 0 bridgehead atoms. The maximum Gasteiger partial charge on any atom is 0.0777 e. The maximum atomic E-state index is 8.60. The Balaban J connectivity index is -0.000000131. The Morgan fingerprint density at radius 3 is 0.786 bits per heavy atom. The van der Waals surface area contributed by atoms with Crippen LogP contribution in [0.5, 0.6) is 0 Å². The summed E-state index contributed by atoms with van der Waals surface area (Å²) in [4.78, 5) is 0. The van der Waals surface area contributed by atoms with Gasteiger partial charge in [0.15, 0.2) is 0 Å². The van der Waals surface area contributed by atoms with E-state index in [0.29, 0.717) is 13.1 Å². The molecule has 0 atom stereocenters. The van der Waals surface area contributed by atoms with Crippen LogP contribution in [0.3, 0.4) is 0 Å².